The molecule has 0 radical (unpaired) electrons. The molecule has 0 saturated heterocycles. The maximum Gasteiger partial charge on any atom is 0.254 e. The molecule has 0 aromatic heterocycles. The zero-order chi connectivity index (χ0) is 11.8. The molecule has 1 amide bonds. The molecule has 3 heteroatoms. The van der Waals surface area contributed by atoms with Gasteiger partial charge in [-0.15, -0.1) is 0 Å². The van der Waals surface area contributed by atoms with Crippen LogP contribution >= 0.6 is 0 Å². The van der Waals surface area contributed by atoms with Crippen molar-refractivity contribution in [3.05, 3.63) is 36.0 Å². The van der Waals surface area contributed by atoms with Crippen molar-refractivity contribution in [2.24, 2.45) is 0 Å². The SMILES string of the molecule is C=C/C(C(=O)N(C)CC)=C(C=O)\C=C/C. The van der Waals surface area contributed by atoms with E-state index in [4.69, 9.17) is 0 Å². The Balaban J connectivity index is 5.27. The minimum Gasteiger partial charge on any atom is -0.342 e. The summed E-state index contributed by atoms with van der Waals surface area (Å²) >= 11 is 0. The van der Waals surface area contributed by atoms with Gasteiger partial charge in [-0.2, -0.15) is 0 Å². The second-order valence-electron chi connectivity index (χ2n) is 3.01. The smallest absolute Gasteiger partial charge is 0.254 e. The molecule has 0 spiro atoms. The van der Waals surface area contributed by atoms with Crippen molar-refractivity contribution in [2.75, 3.05) is 13.6 Å². The Morgan fingerprint density at radius 1 is 1.47 bits per heavy atom. The van der Waals surface area contributed by atoms with Gasteiger partial charge in [0.15, 0.2) is 6.29 Å². The lowest BCUT2D eigenvalue weighted by molar-refractivity contribution is -0.125. The first-order chi connectivity index (χ1) is 7.12. The Kier molecular flexibility index (Phi) is 6.02. The standard InChI is InChI=1S/C12H17NO2/c1-5-8-10(9-14)11(6-2)12(15)13(4)7-3/h5-6,8-9H,2,7H2,1,3-4H3/b8-5-,11-10-. The number of hydrogen-bond acceptors (Lipinski definition) is 2. The fraction of sp³-hybridized carbons (Fsp3) is 0.333. The molecule has 3 nitrogen and oxygen atoms in total. The highest BCUT2D eigenvalue weighted by Crippen LogP contribution is 2.09. The van der Waals surface area contributed by atoms with E-state index in [9.17, 15) is 9.59 Å². The minimum atomic E-state index is -0.187. The van der Waals surface area contributed by atoms with Gasteiger partial charge in [-0.05, 0) is 13.8 Å². The normalized spacial score (nSPS) is 12.2. The summed E-state index contributed by atoms with van der Waals surface area (Å²) in [6, 6.07) is 0. The van der Waals surface area contributed by atoms with Gasteiger partial charge >= 0.3 is 0 Å². The number of allylic oxidation sites excluding steroid dienone is 3. The highest BCUT2D eigenvalue weighted by Gasteiger charge is 2.13. The number of likely N-dealkylation sites (N-methyl/N-ethyl adjacent to an activating group) is 1. The van der Waals surface area contributed by atoms with E-state index in [1.807, 2.05) is 6.92 Å². The van der Waals surface area contributed by atoms with Gasteiger partial charge in [-0.3, -0.25) is 9.59 Å². The summed E-state index contributed by atoms with van der Waals surface area (Å²) in [5, 5.41) is 0. The fourth-order valence-electron chi connectivity index (χ4n) is 1.05. The summed E-state index contributed by atoms with van der Waals surface area (Å²) in [5.74, 6) is -0.187. The van der Waals surface area contributed by atoms with Crippen LogP contribution in [0.25, 0.3) is 0 Å². The molecule has 0 saturated carbocycles. The number of carbonyl (C=O) groups excluding carboxylic acids is 2. The molecule has 15 heavy (non-hydrogen) atoms. The molecule has 0 fully saturated rings. The second-order valence-corrected chi connectivity index (χ2v) is 3.01. The molecule has 0 bridgehead atoms. The Labute approximate surface area is 90.8 Å². The van der Waals surface area contributed by atoms with Gasteiger partial charge in [-0.1, -0.05) is 24.8 Å². The van der Waals surface area contributed by atoms with Gasteiger partial charge < -0.3 is 4.90 Å². The topological polar surface area (TPSA) is 37.4 Å². The van der Waals surface area contributed by atoms with E-state index in [1.54, 1.807) is 26.1 Å². The zero-order valence-corrected chi connectivity index (χ0v) is 9.49. The third-order valence-corrected chi connectivity index (χ3v) is 2.04. The first-order valence-corrected chi connectivity index (χ1v) is 4.82. The Morgan fingerprint density at radius 2 is 2.07 bits per heavy atom. The monoisotopic (exact) mass is 207 g/mol. The van der Waals surface area contributed by atoms with Crippen molar-refractivity contribution in [3.63, 3.8) is 0 Å². The molecule has 0 unspecified atom stereocenters. The van der Waals surface area contributed by atoms with Crippen LogP contribution in [0.3, 0.4) is 0 Å². The summed E-state index contributed by atoms with van der Waals surface area (Å²) in [5.41, 5.74) is 0.699. The van der Waals surface area contributed by atoms with Gasteiger partial charge in [0, 0.05) is 24.7 Å². The van der Waals surface area contributed by atoms with Gasteiger partial charge in [0.2, 0.25) is 0 Å². The summed E-state index contributed by atoms with van der Waals surface area (Å²) in [7, 11) is 1.68. The summed E-state index contributed by atoms with van der Waals surface area (Å²) in [4.78, 5) is 24.1. The van der Waals surface area contributed by atoms with E-state index >= 15 is 0 Å². The van der Waals surface area contributed by atoms with Crippen LogP contribution in [-0.4, -0.2) is 30.7 Å². The molecule has 0 aromatic carbocycles. The molecule has 0 heterocycles. The molecule has 0 aliphatic rings. The van der Waals surface area contributed by atoms with Crippen molar-refractivity contribution in [1.82, 2.24) is 4.90 Å². The largest absolute Gasteiger partial charge is 0.342 e. The average molecular weight is 207 g/mol. The third-order valence-electron chi connectivity index (χ3n) is 2.04. The lowest BCUT2D eigenvalue weighted by Gasteiger charge is -2.15. The van der Waals surface area contributed by atoms with Crippen molar-refractivity contribution in [1.29, 1.82) is 0 Å². The van der Waals surface area contributed by atoms with E-state index in [0.29, 0.717) is 24.0 Å². The maximum absolute atomic E-state index is 11.8. The number of amides is 1. The Hall–Kier alpha value is -1.64. The molecule has 0 rings (SSSR count). The van der Waals surface area contributed by atoms with Crippen LogP contribution in [0.15, 0.2) is 36.0 Å². The van der Waals surface area contributed by atoms with Gasteiger partial charge in [0.05, 0.1) is 0 Å². The summed E-state index contributed by atoms with van der Waals surface area (Å²) in [6.07, 6.45) is 5.40. The maximum atomic E-state index is 11.8. The molecule has 0 aliphatic heterocycles. The molecule has 0 N–H and O–H groups in total. The van der Waals surface area contributed by atoms with Gasteiger partial charge in [-0.25, -0.2) is 0 Å². The Morgan fingerprint density at radius 3 is 2.40 bits per heavy atom. The number of rotatable bonds is 5. The first kappa shape index (κ1) is 13.4. The predicted molar refractivity (Wildman–Crippen MR) is 61.4 cm³/mol. The van der Waals surface area contributed by atoms with Gasteiger partial charge in [0.25, 0.3) is 5.91 Å². The average Bonchev–Trinajstić information content (AvgIpc) is 2.27. The highest BCUT2D eigenvalue weighted by molar-refractivity contribution is 6.02. The van der Waals surface area contributed by atoms with E-state index in [1.165, 1.54) is 11.0 Å². The number of nitrogens with zero attached hydrogens (tertiary/aromatic N) is 1. The zero-order valence-electron chi connectivity index (χ0n) is 9.49. The molecular formula is C12H17NO2. The van der Waals surface area contributed by atoms with E-state index < -0.39 is 0 Å². The summed E-state index contributed by atoms with van der Waals surface area (Å²) < 4.78 is 0. The van der Waals surface area contributed by atoms with Crippen molar-refractivity contribution < 1.29 is 9.59 Å². The van der Waals surface area contributed by atoms with E-state index in [-0.39, 0.29) is 5.91 Å². The second kappa shape index (κ2) is 6.76. The van der Waals surface area contributed by atoms with Crippen molar-refractivity contribution in [3.8, 4) is 0 Å². The quantitative estimate of drug-likeness (QED) is 0.391. The van der Waals surface area contributed by atoms with Crippen LogP contribution in [0.5, 0.6) is 0 Å². The minimum absolute atomic E-state index is 0.187. The predicted octanol–water partition coefficient (Wildman–Crippen LogP) is 1.72. The van der Waals surface area contributed by atoms with Crippen molar-refractivity contribution >= 4 is 12.2 Å². The molecule has 0 atom stereocenters. The molecular weight excluding hydrogens is 190 g/mol. The molecule has 0 aliphatic carbocycles. The number of hydrogen-bond donors (Lipinski definition) is 0. The van der Waals surface area contributed by atoms with Crippen LogP contribution in [0.4, 0.5) is 0 Å². The number of carbonyl (C=O) groups is 2. The van der Waals surface area contributed by atoms with Crippen LogP contribution in [0.2, 0.25) is 0 Å². The lowest BCUT2D eigenvalue weighted by Crippen LogP contribution is -2.27. The van der Waals surface area contributed by atoms with Crippen LogP contribution < -0.4 is 0 Å². The summed E-state index contributed by atoms with van der Waals surface area (Å²) in [6.45, 7) is 7.81. The molecule has 0 aromatic rings. The highest BCUT2D eigenvalue weighted by atomic mass is 16.2. The first-order valence-electron chi connectivity index (χ1n) is 4.82. The van der Waals surface area contributed by atoms with Gasteiger partial charge in [0.1, 0.15) is 0 Å². The fourth-order valence-corrected chi connectivity index (χ4v) is 1.05. The van der Waals surface area contributed by atoms with E-state index in [0.717, 1.165) is 0 Å². The lowest BCUT2D eigenvalue weighted by atomic mass is 10.1. The Bertz CT molecular complexity index is 314. The van der Waals surface area contributed by atoms with Crippen LogP contribution in [0, 0.1) is 0 Å². The number of aldehydes is 1. The third kappa shape index (κ3) is 3.54. The van der Waals surface area contributed by atoms with Crippen LogP contribution in [-0.2, 0) is 9.59 Å². The van der Waals surface area contributed by atoms with E-state index in [2.05, 4.69) is 6.58 Å². The van der Waals surface area contributed by atoms with Crippen molar-refractivity contribution in [2.45, 2.75) is 13.8 Å². The van der Waals surface area contributed by atoms with Crippen LogP contribution in [0.1, 0.15) is 13.8 Å². The molecule has 82 valence electrons.